The van der Waals surface area contributed by atoms with Crippen molar-refractivity contribution in [1.29, 1.82) is 0 Å². The van der Waals surface area contributed by atoms with Crippen molar-refractivity contribution in [2.24, 2.45) is 0 Å². The number of anilines is 1. The van der Waals surface area contributed by atoms with Gasteiger partial charge < -0.3 is 20.1 Å². The van der Waals surface area contributed by atoms with E-state index in [1.165, 1.54) is 12.1 Å². The van der Waals surface area contributed by atoms with Crippen molar-refractivity contribution in [3.05, 3.63) is 113 Å². The quantitative estimate of drug-likeness (QED) is 0.271. The highest BCUT2D eigenvalue weighted by Crippen LogP contribution is 2.41. The van der Waals surface area contributed by atoms with Gasteiger partial charge >= 0.3 is 0 Å². The van der Waals surface area contributed by atoms with E-state index in [9.17, 15) is 9.18 Å². The minimum Gasteiger partial charge on any atom is -0.352 e. The molecule has 39 heavy (non-hydrogen) atoms. The topological polar surface area (TPSA) is 62.2 Å². The van der Waals surface area contributed by atoms with Crippen LogP contribution < -0.4 is 10.6 Å². The molecule has 6 nitrogen and oxygen atoms in total. The number of halogens is 1. The largest absolute Gasteiger partial charge is 0.352 e. The summed E-state index contributed by atoms with van der Waals surface area (Å²) in [6.45, 7) is 8.54. The Morgan fingerprint density at radius 1 is 1.05 bits per heavy atom. The number of carbonyl (C=O) groups excluding carboxylic acids is 1. The summed E-state index contributed by atoms with van der Waals surface area (Å²) in [4.78, 5) is 19.7. The summed E-state index contributed by atoms with van der Waals surface area (Å²) in [6, 6.07) is 20.2. The fourth-order valence-electron chi connectivity index (χ4n) is 5.36. The van der Waals surface area contributed by atoms with Crippen LogP contribution in [0.3, 0.4) is 0 Å². The maximum atomic E-state index is 13.6. The van der Waals surface area contributed by atoms with Crippen molar-refractivity contribution in [2.45, 2.75) is 46.2 Å². The molecule has 8 heteroatoms. The van der Waals surface area contributed by atoms with Gasteiger partial charge in [-0.1, -0.05) is 18.2 Å². The number of benzene rings is 2. The number of rotatable bonds is 7. The Labute approximate surface area is 233 Å². The molecule has 1 saturated heterocycles. The van der Waals surface area contributed by atoms with Crippen molar-refractivity contribution in [1.82, 2.24) is 19.8 Å². The smallest absolute Gasteiger partial charge is 0.226 e. The highest BCUT2D eigenvalue weighted by molar-refractivity contribution is 7.80. The first-order valence-electron chi connectivity index (χ1n) is 13.0. The zero-order valence-electron chi connectivity index (χ0n) is 22.5. The van der Waals surface area contributed by atoms with E-state index < -0.39 is 0 Å². The average molecular weight is 542 g/mol. The van der Waals surface area contributed by atoms with Gasteiger partial charge in [-0.3, -0.25) is 9.78 Å². The van der Waals surface area contributed by atoms with Crippen LogP contribution in [0.1, 0.15) is 52.3 Å². The molecule has 0 bridgehead atoms. The zero-order valence-corrected chi connectivity index (χ0v) is 23.3. The number of nitrogens with zero attached hydrogens (tertiary/aromatic N) is 3. The molecular weight excluding hydrogens is 509 g/mol. The van der Waals surface area contributed by atoms with Crippen LogP contribution in [0.2, 0.25) is 0 Å². The van der Waals surface area contributed by atoms with Crippen LogP contribution >= 0.6 is 12.2 Å². The molecule has 2 atom stereocenters. The van der Waals surface area contributed by atoms with Gasteiger partial charge in [0, 0.05) is 41.9 Å². The highest BCUT2D eigenvalue weighted by Gasteiger charge is 2.41. The molecule has 0 spiro atoms. The summed E-state index contributed by atoms with van der Waals surface area (Å²) >= 11 is 5.81. The summed E-state index contributed by atoms with van der Waals surface area (Å²) in [7, 11) is 0. The molecule has 0 radical (unpaired) electrons. The van der Waals surface area contributed by atoms with Crippen LogP contribution in [0.15, 0.2) is 72.9 Å². The maximum Gasteiger partial charge on any atom is 0.226 e. The summed E-state index contributed by atoms with van der Waals surface area (Å²) in [5, 5.41) is 7.11. The lowest BCUT2D eigenvalue weighted by Crippen LogP contribution is -2.33. The van der Waals surface area contributed by atoms with Crippen molar-refractivity contribution < 1.29 is 9.18 Å². The minimum absolute atomic E-state index is 0.0664. The molecule has 0 aliphatic carbocycles. The predicted molar refractivity (Wildman–Crippen MR) is 157 cm³/mol. The van der Waals surface area contributed by atoms with Gasteiger partial charge in [-0.25, -0.2) is 4.39 Å². The fraction of sp³-hybridized carbons (Fsp3) is 0.258. The molecule has 2 N–H and O–H groups in total. The number of thiocarbonyl (C=S) groups is 1. The third-order valence-electron chi connectivity index (χ3n) is 7.32. The average Bonchev–Trinajstić information content (AvgIpc) is 3.40. The van der Waals surface area contributed by atoms with Gasteiger partial charge in [0.05, 0.1) is 17.8 Å². The van der Waals surface area contributed by atoms with Gasteiger partial charge in [-0.2, -0.15) is 0 Å². The van der Waals surface area contributed by atoms with Gasteiger partial charge in [0.2, 0.25) is 5.91 Å². The molecule has 4 aromatic rings. The number of aryl methyl sites for hydroxylation is 3. The number of nitrogens with one attached hydrogen (secondary N) is 2. The lowest BCUT2D eigenvalue weighted by Gasteiger charge is -2.28. The molecule has 1 amide bonds. The molecule has 0 saturated carbocycles. The van der Waals surface area contributed by atoms with Crippen LogP contribution in [0.5, 0.6) is 0 Å². The van der Waals surface area contributed by atoms with Gasteiger partial charge in [0.15, 0.2) is 5.11 Å². The Morgan fingerprint density at radius 2 is 1.82 bits per heavy atom. The summed E-state index contributed by atoms with van der Waals surface area (Å²) < 4.78 is 15.8. The van der Waals surface area contributed by atoms with E-state index in [4.69, 9.17) is 12.2 Å². The Morgan fingerprint density at radius 3 is 2.54 bits per heavy atom. The zero-order chi connectivity index (χ0) is 27.7. The van der Waals surface area contributed by atoms with E-state index in [2.05, 4.69) is 38.1 Å². The first kappa shape index (κ1) is 26.6. The van der Waals surface area contributed by atoms with E-state index >= 15 is 0 Å². The Hall–Kier alpha value is -4.04. The fourth-order valence-corrected chi connectivity index (χ4v) is 5.70. The second kappa shape index (κ2) is 11.0. The standard InChI is InChI=1S/C31H32FN5OS/c1-19-8-9-20(2)27(17-19)34-28(38)14-16-36-30(29(35-31(36)39)26-7-5-6-15-33-26)25-18-21(3)37(22(25)4)24-12-10-23(32)11-13-24/h5-13,15,17-18,29-30H,14,16H2,1-4H3,(H,34,38)(H,35,39)/t29-,30+/m0/s1. The molecule has 5 rings (SSSR count). The van der Waals surface area contributed by atoms with Crippen LogP contribution in [-0.2, 0) is 4.79 Å². The lowest BCUT2D eigenvalue weighted by molar-refractivity contribution is -0.116. The number of pyridine rings is 1. The van der Waals surface area contributed by atoms with Crippen LogP contribution in [0.4, 0.5) is 10.1 Å². The Bertz CT molecular complexity index is 1520. The van der Waals surface area contributed by atoms with Crippen LogP contribution in [0, 0.1) is 33.5 Å². The molecule has 1 aliphatic heterocycles. The van der Waals surface area contributed by atoms with Gasteiger partial charge in [-0.15, -0.1) is 0 Å². The number of hydrogen-bond acceptors (Lipinski definition) is 3. The lowest BCUT2D eigenvalue weighted by atomic mass is 9.96. The number of aromatic nitrogens is 2. The molecule has 3 heterocycles. The van der Waals surface area contributed by atoms with Gasteiger partial charge in [0.25, 0.3) is 0 Å². The molecule has 200 valence electrons. The molecule has 0 unspecified atom stereocenters. The van der Waals surface area contributed by atoms with Crippen molar-refractivity contribution in [3.8, 4) is 5.69 Å². The van der Waals surface area contributed by atoms with Gasteiger partial charge in [-0.05, 0) is 105 Å². The predicted octanol–water partition coefficient (Wildman–Crippen LogP) is 6.25. The monoisotopic (exact) mass is 541 g/mol. The van der Waals surface area contributed by atoms with E-state index in [1.807, 2.05) is 57.2 Å². The Kier molecular flexibility index (Phi) is 7.48. The van der Waals surface area contributed by atoms with E-state index in [0.717, 1.165) is 45.1 Å². The third-order valence-corrected chi connectivity index (χ3v) is 7.67. The Balaban J connectivity index is 1.46. The maximum absolute atomic E-state index is 13.6. The van der Waals surface area contributed by atoms with Crippen molar-refractivity contribution in [3.63, 3.8) is 0 Å². The summed E-state index contributed by atoms with van der Waals surface area (Å²) in [5.41, 5.74) is 7.84. The third kappa shape index (κ3) is 5.43. The number of hydrogen-bond donors (Lipinski definition) is 2. The van der Waals surface area contributed by atoms with Crippen molar-refractivity contribution in [2.75, 3.05) is 11.9 Å². The first-order valence-corrected chi connectivity index (χ1v) is 13.4. The highest BCUT2D eigenvalue weighted by atomic mass is 32.1. The number of amides is 1. The van der Waals surface area contributed by atoms with Crippen LogP contribution in [0.25, 0.3) is 5.69 Å². The van der Waals surface area contributed by atoms with Gasteiger partial charge in [0.1, 0.15) is 5.82 Å². The summed E-state index contributed by atoms with van der Waals surface area (Å²) in [6.07, 6.45) is 2.05. The molecule has 2 aromatic carbocycles. The second-order valence-electron chi connectivity index (χ2n) is 10.1. The van der Waals surface area contributed by atoms with Crippen molar-refractivity contribution >= 4 is 28.9 Å². The molecule has 1 fully saturated rings. The second-order valence-corrected chi connectivity index (χ2v) is 10.5. The summed E-state index contributed by atoms with van der Waals surface area (Å²) in [5.74, 6) is -0.337. The van der Waals surface area contributed by atoms with E-state index in [0.29, 0.717) is 11.7 Å². The normalized spacial score (nSPS) is 16.8. The first-order chi connectivity index (χ1) is 18.7. The molecule has 2 aromatic heterocycles. The van der Waals surface area contributed by atoms with E-state index in [1.54, 1.807) is 18.3 Å². The van der Waals surface area contributed by atoms with Crippen LogP contribution in [-0.4, -0.2) is 32.0 Å². The minimum atomic E-state index is -0.271. The molecule has 1 aliphatic rings. The van der Waals surface area contributed by atoms with E-state index in [-0.39, 0.29) is 30.2 Å². The SMILES string of the molecule is Cc1ccc(C)c(NC(=O)CCN2C(=S)N[C@@H](c3ccccn3)[C@H]2c2cc(C)n(-c3ccc(F)cc3)c2C)c1. The molecular formula is C31H32FN5OS. The number of carbonyl (C=O) groups is 1.